The molecule has 7 aromatic rings. The first kappa shape index (κ1) is 25.8. The molecule has 9 rings (SSSR count). The number of hydrogen-bond donors (Lipinski definition) is 0. The van der Waals surface area contributed by atoms with Gasteiger partial charge in [0.15, 0.2) is 0 Å². The van der Waals surface area contributed by atoms with Crippen LogP contribution in [0.2, 0.25) is 0 Å². The van der Waals surface area contributed by atoms with Crippen LogP contribution in [-0.2, 0) is 10.8 Å². The van der Waals surface area contributed by atoms with Crippen LogP contribution in [0.25, 0.3) is 42.4 Å². The van der Waals surface area contributed by atoms with E-state index in [-0.39, 0.29) is 10.8 Å². The maximum absolute atomic E-state index is 2.45. The second kappa shape index (κ2) is 8.94. The smallest absolute Gasteiger partial charge is 0.0465 e. The third-order valence-corrected chi connectivity index (χ3v) is 11.5. The summed E-state index contributed by atoms with van der Waals surface area (Å²) in [4.78, 5) is 2.44. The Morgan fingerprint density at radius 1 is 0.455 bits per heavy atom. The van der Waals surface area contributed by atoms with Crippen molar-refractivity contribution in [3.63, 3.8) is 0 Å². The number of fused-ring (bicyclic) bond motifs is 10. The van der Waals surface area contributed by atoms with Gasteiger partial charge < -0.3 is 4.90 Å². The van der Waals surface area contributed by atoms with Crippen molar-refractivity contribution in [2.75, 3.05) is 4.90 Å². The van der Waals surface area contributed by atoms with Crippen molar-refractivity contribution >= 4 is 48.6 Å². The second-order valence-electron chi connectivity index (χ2n) is 13.4. The lowest BCUT2D eigenvalue weighted by Gasteiger charge is -2.29. The Morgan fingerprint density at radius 3 is 1.86 bits per heavy atom. The summed E-state index contributed by atoms with van der Waals surface area (Å²) in [5.41, 5.74) is 14.5. The monoisotopic (exact) mass is 583 g/mol. The topological polar surface area (TPSA) is 3.24 Å². The van der Waals surface area contributed by atoms with E-state index in [2.05, 4.69) is 160 Å². The highest BCUT2D eigenvalue weighted by atomic mass is 32.1. The predicted octanol–water partition coefficient (Wildman–Crippen LogP) is 12.1. The largest absolute Gasteiger partial charge is 0.310 e. The molecule has 44 heavy (non-hydrogen) atoms. The number of rotatable bonds is 3. The number of para-hydroxylation sites is 1. The molecule has 0 saturated carbocycles. The minimum absolute atomic E-state index is 0.0541. The number of nitrogens with zero attached hydrogens (tertiary/aromatic N) is 1. The molecule has 0 saturated heterocycles. The van der Waals surface area contributed by atoms with Gasteiger partial charge >= 0.3 is 0 Å². The molecule has 2 heteroatoms. The standard InChI is InChI=1S/C42H33NS/c1-41(2)34-16-10-8-14-29(34)30-20-18-27(24-36(30)41)43(26-12-6-5-7-13-26)28-19-21-33-37(25-28)42(3,4)35-23-22-32-31-15-9-11-17-38(31)44-40(32)39(33)35/h5-25H,1-4H3. The Morgan fingerprint density at radius 2 is 1.07 bits per heavy atom. The fourth-order valence-electron chi connectivity index (χ4n) is 7.98. The van der Waals surface area contributed by atoms with Gasteiger partial charge in [0.05, 0.1) is 0 Å². The Hall–Kier alpha value is -4.66. The van der Waals surface area contributed by atoms with Crippen LogP contribution in [0.15, 0.2) is 127 Å². The molecule has 0 radical (unpaired) electrons. The number of anilines is 3. The number of thiophene rings is 1. The van der Waals surface area contributed by atoms with Gasteiger partial charge in [-0.3, -0.25) is 0 Å². The molecular weight excluding hydrogens is 551 g/mol. The van der Waals surface area contributed by atoms with E-state index < -0.39 is 0 Å². The van der Waals surface area contributed by atoms with Crippen LogP contribution < -0.4 is 4.90 Å². The lowest BCUT2D eigenvalue weighted by atomic mass is 9.82. The van der Waals surface area contributed by atoms with Gasteiger partial charge in [0.1, 0.15) is 0 Å². The van der Waals surface area contributed by atoms with Crippen LogP contribution in [-0.4, -0.2) is 0 Å². The maximum Gasteiger partial charge on any atom is 0.0465 e. The minimum Gasteiger partial charge on any atom is -0.310 e. The van der Waals surface area contributed by atoms with E-state index in [1.165, 1.54) is 81.7 Å². The molecule has 0 fully saturated rings. The highest BCUT2D eigenvalue weighted by molar-refractivity contribution is 7.26. The van der Waals surface area contributed by atoms with E-state index in [1.807, 2.05) is 11.3 Å². The van der Waals surface area contributed by atoms with Crippen LogP contribution in [0, 0.1) is 0 Å². The van der Waals surface area contributed by atoms with Crippen LogP contribution >= 0.6 is 11.3 Å². The first-order valence-corrected chi connectivity index (χ1v) is 16.3. The zero-order valence-corrected chi connectivity index (χ0v) is 26.3. The highest BCUT2D eigenvalue weighted by Gasteiger charge is 2.38. The molecule has 1 nitrogen and oxygen atoms in total. The minimum atomic E-state index is -0.102. The van der Waals surface area contributed by atoms with Crippen LogP contribution in [0.1, 0.15) is 49.9 Å². The van der Waals surface area contributed by atoms with Crippen molar-refractivity contribution in [2.24, 2.45) is 0 Å². The zero-order chi connectivity index (χ0) is 29.8. The van der Waals surface area contributed by atoms with E-state index in [4.69, 9.17) is 0 Å². The van der Waals surface area contributed by atoms with Crippen molar-refractivity contribution in [3.8, 4) is 22.3 Å². The van der Waals surface area contributed by atoms with Crippen molar-refractivity contribution in [1.82, 2.24) is 0 Å². The third-order valence-electron chi connectivity index (χ3n) is 10.3. The molecule has 1 heterocycles. The lowest BCUT2D eigenvalue weighted by molar-refractivity contribution is 0.660. The van der Waals surface area contributed by atoms with Crippen LogP contribution in [0.4, 0.5) is 17.1 Å². The molecule has 1 aromatic heterocycles. The number of hydrogen-bond acceptors (Lipinski definition) is 2. The van der Waals surface area contributed by atoms with Gasteiger partial charge in [-0.2, -0.15) is 0 Å². The molecule has 0 spiro atoms. The summed E-state index contributed by atoms with van der Waals surface area (Å²) in [6, 6.07) is 47.5. The first-order valence-electron chi connectivity index (χ1n) is 15.5. The highest BCUT2D eigenvalue weighted by Crippen LogP contribution is 2.55. The summed E-state index contributed by atoms with van der Waals surface area (Å²) in [5.74, 6) is 0. The fourth-order valence-corrected chi connectivity index (χ4v) is 9.25. The van der Waals surface area contributed by atoms with E-state index in [9.17, 15) is 0 Å². The summed E-state index contributed by atoms with van der Waals surface area (Å²) in [6.07, 6.45) is 0. The molecule has 0 atom stereocenters. The van der Waals surface area contributed by atoms with Crippen LogP contribution in [0.3, 0.4) is 0 Å². The SMILES string of the molecule is CC1(C)c2ccccc2-c2ccc(N(c3ccccc3)c3ccc4c(c3)C(C)(C)c3ccc5c(sc6ccccc65)c3-4)cc21. The van der Waals surface area contributed by atoms with Crippen LogP contribution in [0.5, 0.6) is 0 Å². The molecule has 2 aliphatic rings. The second-order valence-corrected chi connectivity index (χ2v) is 14.4. The Kier molecular flexibility index (Phi) is 5.24. The molecule has 0 aliphatic heterocycles. The normalized spacial score (nSPS) is 15.2. The average molecular weight is 584 g/mol. The molecule has 0 amide bonds. The summed E-state index contributed by atoms with van der Waals surface area (Å²) in [6.45, 7) is 9.50. The quantitative estimate of drug-likeness (QED) is 0.200. The van der Waals surface area contributed by atoms with Crippen molar-refractivity contribution < 1.29 is 0 Å². The van der Waals surface area contributed by atoms with Gasteiger partial charge in [0.2, 0.25) is 0 Å². The number of benzene rings is 6. The Balaban J connectivity index is 1.24. The zero-order valence-electron chi connectivity index (χ0n) is 25.5. The van der Waals surface area contributed by atoms with Crippen molar-refractivity contribution in [1.29, 1.82) is 0 Å². The molecule has 0 bridgehead atoms. The van der Waals surface area contributed by atoms with E-state index in [0.717, 1.165) is 0 Å². The summed E-state index contributed by atoms with van der Waals surface area (Å²) in [7, 11) is 0. The molecule has 0 N–H and O–H groups in total. The van der Waals surface area contributed by atoms with Gasteiger partial charge in [-0.1, -0.05) is 113 Å². The fraction of sp³-hybridized carbons (Fsp3) is 0.143. The van der Waals surface area contributed by atoms with Crippen molar-refractivity contribution in [3.05, 3.63) is 150 Å². The van der Waals surface area contributed by atoms with Gasteiger partial charge in [0.25, 0.3) is 0 Å². The summed E-state index contributed by atoms with van der Waals surface area (Å²) in [5, 5.41) is 2.72. The van der Waals surface area contributed by atoms with E-state index in [1.54, 1.807) is 0 Å². The third kappa shape index (κ3) is 3.41. The summed E-state index contributed by atoms with van der Waals surface area (Å²) < 4.78 is 2.76. The first-order chi connectivity index (χ1) is 21.3. The predicted molar refractivity (Wildman–Crippen MR) is 189 cm³/mol. The van der Waals surface area contributed by atoms with Gasteiger partial charge in [-0.15, -0.1) is 11.3 Å². The molecule has 0 unspecified atom stereocenters. The Bertz CT molecular complexity index is 2290. The van der Waals surface area contributed by atoms with Crippen molar-refractivity contribution in [2.45, 2.75) is 38.5 Å². The molecule has 2 aliphatic carbocycles. The molecule has 212 valence electrons. The van der Waals surface area contributed by atoms with Gasteiger partial charge in [-0.25, -0.2) is 0 Å². The summed E-state index contributed by atoms with van der Waals surface area (Å²) >= 11 is 1.93. The van der Waals surface area contributed by atoms with Gasteiger partial charge in [-0.05, 0) is 81.4 Å². The van der Waals surface area contributed by atoms with Gasteiger partial charge in [0, 0.05) is 53.6 Å². The average Bonchev–Trinajstić information content (AvgIpc) is 3.62. The van der Waals surface area contributed by atoms with E-state index >= 15 is 0 Å². The lowest BCUT2D eigenvalue weighted by Crippen LogP contribution is -2.18. The molecular formula is C42H33NS. The van der Waals surface area contributed by atoms with E-state index in [0.29, 0.717) is 0 Å². The Labute approximate surface area is 263 Å². The maximum atomic E-state index is 2.45. The molecule has 6 aromatic carbocycles.